The van der Waals surface area contributed by atoms with Crippen LogP contribution in [0.4, 0.5) is 0 Å². The molecule has 7 heteroatoms. The maximum Gasteiger partial charge on any atom is 0.191 e. The quantitative estimate of drug-likeness (QED) is 0.444. The minimum absolute atomic E-state index is 0.416. The number of hydrogen-bond acceptors (Lipinski definition) is 5. The lowest BCUT2D eigenvalue weighted by Gasteiger charge is -2.14. The minimum Gasteiger partial charge on any atom is -0.386 e. The number of fused-ring (bicyclic) bond motifs is 1. The fourth-order valence-electron chi connectivity index (χ4n) is 2.67. The second-order valence-electron chi connectivity index (χ2n) is 6.02. The van der Waals surface area contributed by atoms with Gasteiger partial charge in [-0.05, 0) is 38.3 Å². The van der Waals surface area contributed by atoms with Gasteiger partial charge < -0.3 is 15.7 Å². The number of hydrogen-bond donors (Lipinski definition) is 3. The molecule has 5 nitrogen and oxygen atoms in total. The molecular formula is C19H24N4OS2. The summed E-state index contributed by atoms with van der Waals surface area (Å²) in [5, 5.41) is 19.2. The van der Waals surface area contributed by atoms with Gasteiger partial charge >= 0.3 is 0 Å². The molecule has 0 aliphatic heterocycles. The summed E-state index contributed by atoms with van der Waals surface area (Å²) in [7, 11) is 0. The molecule has 0 aliphatic carbocycles. The zero-order valence-corrected chi connectivity index (χ0v) is 16.9. The van der Waals surface area contributed by atoms with Gasteiger partial charge in [0.1, 0.15) is 6.10 Å². The van der Waals surface area contributed by atoms with Gasteiger partial charge in [-0.1, -0.05) is 18.2 Å². The van der Waals surface area contributed by atoms with Gasteiger partial charge in [0.15, 0.2) is 5.96 Å². The highest BCUT2D eigenvalue weighted by atomic mass is 32.1. The van der Waals surface area contributed by atoms with E-state index in [1.54, 1.807) is 22.7 Å². The normalized spacial score (nSPS) is 13.2. The van der Waals surface area contributed by atoms with Crippen molar-refractivity contribution in [3.8, 4) is 0 Å². The number of aliphatic imine (C=N–C) groups is 1. The molecule has 0 amide bonds. The average Bonchev–Trinajstić information content (AvgIpc) is 3.19. The van der Waals surface area contributed by atoms with Crippen molar-refractivity contribution < 1.29 is 5.11 Å². The molecule has 2 heterocycles. The van der Waals surface area contributed by atoms with E-state index >= 15 is 0 Å². The summed E-state index contributed by atoms with van der Waals surface area (Å²) in [4.78, 5) is 11.2. The van der Waals surface area contributed by atoms with Crippen molar-refractivity contribution in [2.24, 2.45) is 4.99 Å². The third-order valence-corrected chi connectivity index (χ3v) is 6.24. The van der Waals surface area contributed by atoms with E-state index in [0.29, 0.717) is 19.0 Å². The first-order valence-corrected chi connectivity index (χ1v) is 10.3. The zero-order chi connectivity index (χ0) is 18.5. The number of nitrogens with one attached hydrogen (secondary N) is 2. The number of benzene rings is 1. The Hall–Kier alpha value is -1.96. The maximum atomic E-state index is 10.5. The molecule has 1 aromatic carbocycles. The van der Waals surface area contributed by atoms with Crippen molar-refractivity contribution in [2.45, 2.75) is 33.4 Å². The molecular weight excluding hydrogens is 364 g/mol. The highest BCUT2D eigenvalue weighted by molar-refractivity contribution is 7.19. The molecule has 0 fully saturated rings. The largest absolute Gasteiger partial charge is 0.386 e. The maximum absolute atomic E-state index is 10.5. The monoisotopic (exact) mass is 388 g/mol. The van der Waals surface area contributed by atoms with Crippen LogP contribution in [0.5, 0.6) is 0 Å². The van der Waals surface area contributed by atoms with Crippen LogP contribution >= 0.6 is 22.7 Å². The predicted octanol–water partition coefficient (Wildman–Crippen LogP) is 3.76. The first-order chi connectivity index (χ1) is 12.6. The van der Waals surface area contributed by atoms with E-state index in [1.807, 2.05) is 32.9 Å². The molecule has 3 N–H and O–H groups in total. The fourth-order valence-corrected chi connectivity index (χ4v) is 4.59. The lowest BCUT2D eigenvalue weighted by Crippen LogP contribution is -2.39. The Morgan fingerprint density at radius 2 is 2.04 bits per heavy atom. The second-order valence-corrected chi connectivity index (χ2v) is 8.42. The Morgan fingerprint density at radius 3 is 2.73 bits per heavy atom. The summed E-state index contributed by atoms with van der Waals surface area (Å²) >= 11 is 3.31. The standard InChI is InChI=1S/C19H24N4OS2/c1-4-20-19(22-11-18-12(2)23-13(3)25-18)21-10-15(24)17-9-14-7-5-6-8-16(14)26-17/h5-9,15,24H,4,10-11H2,1-3H3,(H2,20,21,22). The minimum atomic E-state index is -0.566. The number of nitrogens with zero attached hydrogens (tertiary/aromatic N) is 2. The molecule has 26 heavy (non-hydrogen) atoms. The summed E-state index contributed by atoms with van der Waals surface area (Å²) in [6, 6.07) is 10.2. The molecule has 138 valence electrons. The van der Waals surface area contributed by atoms with Gasteiger partial charge in [-0.3, -0.25) is 0 Å². The second kappa shape index (κ2) is 8.62. The van der Waals surface area contributed by atoms with E-state index < -0.39 is 6.10 Å². The average molecular weight is 389 g/mol. The van der Waals surface area contributed by atoms with E-state index in [1.165, 1.54) is 15.0 Å². The van der Waals surface area contributed by atoms with Crippen LogP contribution in [0.3, 0.4) is 0 Å². The van der Waals surface area contributed by atoms with Crippen molar-refractivity contribution in [3.63, 3.8) is 0 Å². The molecule has 1 unspecified atom stereocenters. The van der Waals surface area contributed by atoms with E-state index in [2.05, 4.69) is 38.8 Å². The van der Waals surface area contributed by atoms with Gasteiger partial charge in [0.2, 0.25) is 0 Å². The van der Waals surface area contributed by atoms with Gasteiger partial charge in [-0.2, -0.15) is 0 Å². The molecule has 3 rings (SSSR count). The Morgan fingerprint density at radius 1 is 1.23 bits per heavy atom. The first-order valence-electron chi connectivity index (χ1n) is 8.68. The van der Waals surface area contributed by atoms with Gasteiger partial charge in [0.25, 0.3) is 0 Å². The van der Waals surface area contributed by atoms with Crippen molar-refractivity contribution in [2.75, 3.05) is 13.1 Å². The molecule has 2 aromatic heterocycles. The first kappa shape index (κ1) is 18.8. The molecule has 3 aromatic rings. The number of rotatable bonds is 6. The molecule has 0 saturated carbocycles. The van der Waals surface area contributed by atoms with Crippen LogP contribution in [0.1, 0.15) is 33.5 Å². The van der Waals surface area contributed by atoms with Crippen LogP contribution in [0.25, 0.3) is 10.1 Å². The Labute approximate surface area is 161 Å². The Balaban J connectivity index is 1.63. The number of aliphatic hydroxyl groups is 1. The van der Waals surface area contributed by atoms with Crippen molar-refractivity contribution >= 4 is 38.7 Å². The smallest absolute Gasteiger partial charge is 0.191 e. The van der Waals surface area contributed by atoms with E-state index in [9.17, 15) is 5.11 Å². The van der Waals surface area contributed by atoms with Crippen LogP contribution in [0.2, 0.25) is 0 Å². The molecule has 0 bridgehead atoms. The van der Waals surface area contributed by atoms with E-state index in [0.717, 1.165) is 22.1 Å². The molecule has 0 aliphatic rings. The Bertz CT molecular complexity index is 867. The summed E-state index contributed by atoms with van der Waals surface area (Å²) in [6.07, 6.45) is -0.566. The van der Waals surface area contributed by atoms with Crippen molar-refractivity contribution in [1.29, 1.82) is 0 Å². The summed E-state index contributed by atoms with van der Waals surface area (Å²) in [5.74, 6) is 0.707. The summed E-state index contributed by atoms with van der Waals surface area (Å²) < 4.78 is 1.19. The van der Waals surface area contributed by atoms with E-state index in [4.69, 9.17) is 0 Å². The van der Waals surface area contributed by atoms with Crippen LogP contribution in [-0.4, -0.2) is 29.1 Å². The number of thiazole rings is 1. The summed E-state index contributed by atoms with van der Waals surface area (Å²) in [6.45, 7) is 7.83. The highest BCUT2D eigenvalue weighted by Crippen LogP contribution is 2.29. The number of aliphatic hydroxyl groups excluding tert-OH is 1. The number of aromatic nitrogens is 1. The molecule has 0 radical (unpaired) electrons. The van der Waals surface area contributed by atoms with Gasteiger partial charge in [0, 0.05) is 27.5 Å². The molecule has 1 atom stereocenters. The van der Waals surface area contributed by atoms with Crippen LogP contribution < -0.4 is 10.6 Å². The van der Waals surface area contributed by atoms with Crippen LogP contribution in [-0.2, 0) is 6.54 Å². The summed E-state index contributed by atoms with van der Waals surface area (Å²) in [5.41, 5.74) is 1.04. The number of aryl methyl sites for hydroxylation is 2. The third-order valence-electron chi connectivity index (χ3n) is 3.96. The number of guanidine groups is 1. The molecule has 0 spiro atoms. The SMILES string of the molecule is CCNC(=NCc1sc(C)nc1C)NCC(O)c1cc2ccccc2s1. The fraction of sp³-hybridized carbons (Fsp3) is 0.368. The predicted molar refractivity (Wildman–Crippen MR) is 111 cm³/mol. The van der Waals surface area contributed by atoms with Gasteiger partial charge in [-0.25, -0.2) is 9.98 Å². The third kappa shape index (κ3) is 4.60. The van der Waals surface area contributed by atoms with E-state index in [-0.39, 0.29) is 0 Å². The zero-order valence-electron chi connectivity index (χ0n) is 15.2. The Kier molecular flexibility index (Phi) is 6.24. The van der Waals surface area contributed by atoms with Crippen molar-refractivity contribution in [3.05, 3.63) is 50.8 Å². The van der Waals surface area contributed by atoms with Gasteiger partial charge in [0.05, 0.1) is 17.2 Å². The van der Waals surface area contributed by atoms with Crippen LogP contribution in [0.15, 0.2) is 35.3 Å². The van der Waals surface area contributed by atoms with Crippen LogP contribution in [0, 0.1) is 13.8 Å². The van der Waals surface area contributed by atoms with Crippen molar-refractivity contribution in [1.82, 2.24) is 15.6 Å². The lowest BCUT2D eigenvalue weighted by atomic mass is 10.2. The molecule has 0 saturated heterocycles. The van der Waals surface area contributed by atoms with Gasteiger partial charge in [-0.15, -0.1) is 22.7 Å². The topological polar surface area (TPSA) is 69.5 Å². The number of thiophene rings is 1. The highest BCUT2D eigenvalue weighted by Gasteiger charge is 2.12. The lowest BCUT2D eigenvalue weighted by molar-refractivity contribution is 0.184.